The zero-order valence-electron chi connectivity index (χ0n) is 10.7. The third-order valence-corrected chi connectivity index (χ3v) is 3.59. The highest BCUT2D eigenvalue weighted by Gasteiger charge is 2.40. The van der Waals surface area contributed by atoms with Crippen molar-refractivity contribution >= 4 is 0 Å². The summed E-state index contributed by atoms with van der Waals surface area (Å²) >= 11 is 0. The van der Waals surface area contributed by atoms with Crippen molar-refractivity contribution in [2.45, 2.75) is 37.5 Å². The molecule has 1 saturated heterocycles. The fraction of sp³-hybridized carbons (Fsp3) is 0.571. The smallest absolute Gasteiger partial charge is 0.168 e. The molecule has 100 valence electrons. The van der Waals surface area contributed by atoms with E-state index in [-0.39, 0.29) is 11.5 Å². The van der Waals surface area contributed by atoms with E-state index in [2.05, 4.69) is 18.5 Å². The highest BCUT2D eigenvalue weighted by Crippen LogP contribution is 2.35. The Balaban J connectivity index is 1.90. The van der Waals surface area contributed by atoms with Crippen LogP contribution < -0.4 is 5.32 Å². The van der Waals surface area contributed by atoms with Gasteiger partial charge in [-0.15, -0.1) is 0 Å². The molecule has 0 unspecified atom stereocenters. The van der Waals surface area contributed by atoms with E-state index in [0.29, 0.717) is 25.0 Å². The summed E-state index contributed by atoms with van der Waals surface area (Å²) in [6, 6.07) is 0.318. The molecule has 4 heteroatoms. The van der Waals surface area contributed by atoms with Crippen molar-refractivity contribution in [1.29, 1.82) is 0 Å². The van der Waals surface area contributed by atoms with Gasteiger partial charge in [0.15, 0.2) is 5.79 Å². The maximum Gasteiger partial charge on any atom is 0.168 e. The minimum absolute atomic E-state index is 0.138. The van der Waals surface area contributed by atoms with E-state index in [1.54, 1.807) is 6.08 Å². The summed E-state index contributed by atoms with van der Waals surface area (Å²) in [5.74, 6) is -0.199. The van der Waals surface area contributed by atoms with Crippen LogP contribution in [0.4, 0.5) is 0 Å². The lowest BCUT2D eigenvalue weighted by Crippen LogP contribution is -2.41. The predicted octanol–water partition coefficient (Wildman–Crippen LogP) is 2.40. The van der Waals surface area contributed by atoms with Gasteiger partial charge in [-0.3, -0.25) is 0 Å². The van der Waals surface area contributed by atoms with Crippen molar-refractivity contribution in [3.8, 4) is 0 Å². The quantitative estimate of drug-likeness (QED) is 0.595. The lowest BCUT2D eigenvalue weighted by molar-refractivity contribution is -0.179. The van der Waals surface area contributed by atoms with E-state index >= 15 is 0 Å². The molecule has 1 spiro atoms. The predicted molar refractivity (Wildman–Crippen MR) is 70.1 cm³/mol. The Morgan fingerprint density at radius 1 is 1.17 bits per heavy atom. The monoisotopic (exact) mass is 251 g/mol. The van der Waals surface area contributed by atoms with Crippen LogP contribution >= 0.6 is 0 Å². The highest BCUT2D eigenvalue weighted by molar-refractivity contribution is 5.25. The van der Waals surface area contributed by atoms with Gasteiger partial charge in [-0.1, -0.05) is 13.2 Å². The Labute approximate surface area is 108 Å². The molecule has 4 nitrogen and oxygen atoms in total. The van der Waals surface area contributed by atoms with Crippen molar-refractivity contribution in [2.75, 3.05) is 13.2 Å². The topological polar surface area (TPSA) is 50.7 Å². The molecule has 0 aromatic carbocycles. The average molecular weight is 251 g/mol. The maximum absolute atomic E-state index is 9.63. The lowest BCUT2D eigenvalue weighted by Gasteiger charge is -2.36. The summed E-state index contributed by atoms with van der Waals surface area (Å²) in [5, 5.41) is 12.9. The molecule has 18 heavy (non-hydrogen) atoms. The minimum Gasteiger partial charge on any atom is -0.506 e. The average Bonchev–Trinajstić information content (AvgIpc) is 2.86. The Morgan fingerprint density at radius 2 is 1.78 bits per heavy atom. The molecule has 0 radical (unpaired) electrons. The van der Waals surface area contributed by atoms with E-state index in [1.807, 2.05) is 0 Å². The van der Waals surface area contributed by atoms with Crippen LogP contribution in [-0.2, 0) is 9.47 Å². The summed E-state index contributed by atoms with van der Waals surface area (Å²) in [6.07, 6.45) is 6.74. The fourth-order valence-electron chi connectivity index (χ4n) is 2.55. The van der Waals surface area contributed by atoms with E-state index in [4.69, 9.17) is 9.47 Å². The first kappa shape index (κ1) is 13.2. The third kappa shape index (κ3) is 2.76. The molecule has 0 aromatic rings. The number of aliphatic hydroxyl groups excluding tert-OH is 1. The molecule has 2 N–H and O–H groups in total. The van der Waals surface area contributed by atoms with Crippen LogP contribution in [0.1, 0.15) is 25.7 Å². The molecular weight excluding hydrogens is 230 g/mol. The Kier molecular flexibility index (Phi) is 4.09. The van der Waals surface area contributed by atoms with Gasteiger partial charge in [-0.25, -0.2) is 0 Å². The van der Waals surface area contributed by atoms with Gasteiger partial charge < -0.3 is 19.9 Å². The zero-order valence-corrected chi connectivity index (χ0v) is 10.7. The van der Waals surface area contributed by atoms with Crippen LogP contribution in [-0.4, -0.2) is 30.1 Å². The third-order valence-electron chi connectivity index (χ3n) is 3.59. The summed E-state index contributed by atoms with van der Waals surface area (Å²) in [5.41, 5.74) is 0.638. The number of ether oxygens (including phenoxy) is 2. The Bertz CT molecular complexity index is 346. The van der Waals surface area contributed by atoms with Crippen molar-refractivity contribution in [2.24, 2.45) is 0 Å². The van der Waals surface area contributed by atoms with Gasteiger partial charge >= 0.3 is 0 Å². The molecule has 0 aromatic heterocycles. The van der Waals surface area contributed by atoms with Gasteiger partial charge in [0, 0.05) is 18.9 Å². The standard InChI is InChI=1S/C14H21NO3/c1-3-12(13(16)4-2)15-11-5-7-14(8-6-11)17-9-10-18-14/h3-4,11,15-16H,1-2,5-10H2/b13-12-. The van der Waals surface area contributed by atoms with Crippen LogP contribution in [0, 0.1) is 0 Å². The van der Waals surface area contributed by atoms with Gasteiger partial charge in [-0.2, -0.15) is 0 Å². The van der Waals surface area contributed by atoms with E-state index in [0.717, 1.165) is 25.7 Å². The highest BCUT2D eigenvalue weighted by atomic mass is 16.7. The molecule has 1 aliphatic carbocycles. The van der Waals surface area contributed by atoms with Gasteiger partial charge in [0.1, 0.15) is 5.76 Å². The maximum atomic E-state index is 9.63. The summed E-state index contributed by atoms with van der Waals surface area (Å²) in [6.45, 7) is 8.64. The van der Waals surface area contributed by atoms with Gasteiger partial charge in [0.05, 0.1) is 18.9 Å². The largest absolute Gasteiger partial charge is 0.506 e. The SMILES string of the molecule is C=C/C(O)=C(\C=C)NC1CCC2(CC1)OCCO2. The first-order chi connectivity index (χ1) is 8.69. The summed E-state index contributed by atoms with van der Waals surface area (Å²) < 4.78 is 11.4. The molecule has 1 saturated carbocycles. The second kappa shape index (κ2) is 5.59. The minimum atomic E-state index is -0.337. The summed E-state index contributed by atoms with van der Waals surface area (Å²) in [7, 11) is 0. The molecule has 1 heterocycles. The number of nitrogens with one attached hydrogen (secondary N) is 1. The van der Waals surface area contributed by atoms with E-state index in [1.165, 1.54) is 6.08 Å². The molecule has 2 fully saturated rings. The van der Waals surface area contributed by atoms with Crippen LogP contribution in [0.15, 0.2) is 36.8 Å². The molecule has 0 atom stereocenters. The van der Waals surface area contributed by atoms with Crippen molar-refractivity contribution in [3.05, 3.63) is 36.8 Å². The summed E-state index contributed by atoms with van der Waals surface area (Å²) in [4.78, 5) is 0. The number of hydrogen-bond donors (Lipinski definition) is 2. The van der Waals surface area contributed by atoms with E-state index in [9.17, 15) is 5.11 Å². The zero-order chi connectivity index (χ0) is 13.0. The second-order valence-electron chi connectivity index (χ2n) is 4.73. The number of aliphatic hydroxyl groups is 1. The molecular formula is C14H21NO3. The van der Waals surface area contributed by atoms with Crippen molar-refractivity contribution in [1.82, 2.24) is 5.32 Å². The first-order valence-corrected chi connectivity index (χ1v) is 6.42. The molecule has 0 bridgehead atoms. The number of hydrogen-bond acceptors (Lipinski definition) is 4. The molecule has 2 rings (SSSR count). The Morgan fingerprint density at radius 3 is 2.28 bits per heavy atom. The lowest BCUT2D eigenvalue weighted by atomic mass is 9.90. The first-order valence-electron chi connectivity index (χ1n) is 6.42. The fourth-order valence-corrected chi connectivity index (χ4v) is 2.55. The van der Waals surface area contributed by atoms with Gasteiger partial charge in [0.25, 0.3) is 0 Å². The number of allylic oxidation sites excluding steroid dienone is 2. The van der Waals surface area contributed by atoms with Crippen LogP contribution in [0.2, 0.25) is 0 Å². The number of rotatable bonds is 4. The van der Waals surface area contributed by atoms with E-state index < -0.39 is 0 Å². The van der Waals surface area contributed by atoms with Crippen LogP contribution in [0.25, 0.3) is 0 Å². The molecule has 1 aliphatic heterocycles. The van der Waals surface area contributed by atoms with Crippen molar-refractivity contribution in [3.63, 3.8) is 0 Å². The molecule has 0 amide bonds. The van der Waals surface area contributed by atoms with Crippen molar-refractivity contribution < 1.29 is 14.6 Å². The van der Waals surface area contributed by atoms with Gasteiger partial charge in [-0.05, 0) is 25.0 Å². The second-order valence-corrected chi connectivity index (χ2v) is 4.73. The van der Waals surface area contributed by atoms with Crippen LogP contribution in [0.3, 0.4) is 0 Å². The molecule has 2 aliphatic rings. The Hall–Kier alpha value is -1.26. The van der Waals surface area contributed by atoms with Gasteiger partial charge in [0.2, 0.25) is 0 Å². The van der Waals surface area contributed by atoms with Crippen LogP contribution in [0.5, 0.6) is 0 Å². The normalized spacial score (nSPS) is 24.7.